The minimum Gasteiger partial charge on any atom is -0.249 e. The molecule has 0 amide bonds. The highest BCUT2D eigenvalue weighted by atomic mass is 14.8. The minimum absolute atomic E-state index is 0.904. The Hall–Kier alpha value is -2.22. The molecule has 1 aliphatic carbocycles. The Labute approximate surface area is 112 Å². The van der Waals surface area contributed by atoms with Crippen LogP contribution in [0.4, 0.5) is 0 Å². The number of aryl methyl sites for hydroxylation is 2. The van der Waals surface area contributed by atoms with E-state index in [1.54, 1.807) is 0 Å². The predicted molar refractivity (Wildman–Crippen MR) is 77.3 cm³/mol. The SMILES string of the molecule is Cc1cc2nc3c(nc2cc1C)-c1ccccc1C3. The maximum absolute atomic E-state index is 4.84. The Morgan fingerprint density at radius 2 is 1.58 bits per heavy atom. The summed E-state index contributed by atoms with van der Waals surface area (Å²) >= 11 is 0. The fourth-order valence-electron chi connectivity index (χ4n) is 2.77. The van der Waals surface area contributed by atoms with Crippen LogP contribution in [-0.2, 0) is 6.42 Å². The average Bonchev–Trinajstić information content (AvgIpc) is 2.75. The van der Waals surface area contributed by atoms with Gasteiger partial charge in [0, 0.05) is 12.0 Å². The lowest BCUT2D eigenvalue weighted by Crippen LogP contribution is -1.94. The van der Waals surface area contributed by atoms with E-state index in [2.05, 4.69) is 50.2 Å². The van der Waals surface area contributed by atoms with Crippen LogP contribution in [0.25, 0.3) is 22.3 Å². The number of benzene rings is 2. The van der Waals surface area contributed by atoms with Gasteiger partial charge in [0.2, 0.25) is 0 Å². The van der Waals surface area contributed by atoms with Crippen LogP contribution in [-0.4, -0.2) is 9.97 Å². The quantitative estimate of drug-likeness (QED) is 0.471. The number of rotatable bonds is 0. The molecule has 0 bridgehead atoms. The molecule has 0 saturated carbocycles. The molecule has 0 saturated heterocycles. The van der Waals surface area contributed by atoms with Crippen LogP contribution in [0.15, 0.2) is 36.4 Å². The molecule has 2 nitrogen and oxygen atoms in total. The summed E-state index contributed by atoms with van der Waals surface area (Å²) in [5, 5.41) is 0. The van der Waals surface area contributed by atoms with Crippen molar-refractivity contribution < 1.29 is 0 Å². The lowest BCUT2D eigenvalue weighted by atomic mass is 10.1. The number of hydrogen-bond acceptors (Lipinski definition) is 2. The van der Waals surface area contributed by atoms with Crippen LogP contribution in [0, 0.1) is 13.8 Å². The maximum Gasteiger partial charge on any atom is 0.0931 e. The van der Waals surface area contributed by atoms with E-state index >= 15 is 0 Å². The molecule has 0 aliphatic heterocycles. The second-order valence-corrected chi connectivity index (χ2v) is 5.28. The molecule has 0 spiro atoms. The molecule has 4 rings (SSSR count). The van der Waals surface area contributed by atoms with Crippen LogP contribution < -0.4 is 0 Å². The zero-order valence-corrected chi connectivity index (χ0v) is 11.1. The molecule has 0 atom stereocenters. The van der Waals surface area contributed by atoms with Crippen molar-refractivity contribution in [1.82, 2.24) is 9.97 Å². The third-order valence-corrected chi connectivity index (χ3v) is 3.98. The molecule has 92 valence electrons. The van der Waals surface area contributed by atoms with Crippen LogP contribution >= 0.6 is 0 Å². The van der Waals surface area contributed by atoms with E-state index in [-0.39, 0.29) is 0 Å². The Morgan fingerprint density at radius 1 is 0.895 bits per heavy atom. The molecule has 2 heteroatoms. The topological polar surface area (TPSA) is 25.8 Å². The first kappa shape index (κ1) is 10.7. The van der Waals surface area contributed by atoms with E-state index in [1.165, 1.54) is 22.3 Å². The summed E-state index contributed by atoms with van der Waals surface area (Å²) in [5.74, 6) is 0. The summed E-state index contributed by atoms with van der Waals surface area (Å²) in [4.78, 5) is 9.65. The standard InChI is InChI=1S/C17H14N2/c1-10-7-14-15(8-11(10)2)19-17-13-6-4-3-5-12(13)9-16(17)18-14/h3-8H,9H2,1-2H3. The van der Waals surface area contributed by atoms with Gasteiger partial charge in [0.15, 0.2) is 0 Å². The molecule has 0 N–H and O–H groups in total. The van der Waals surface area contributed by atoms with Gasteiger partial charge in [-0.1, -0.05) is 24.3 Å². The Morgan fingerprint density at radius 3 is 2.37 bits per heavy atom. The van der Waals surface area contributed by atoms with Crippen LogP contribution in [0.5, 0.6) is 0 Å². The third kappa shape index (κ3) is 1.49. The predicted octanol–water partition coefficient (Wildman–Crippen LogP) is 3.82. The first-order valence-corrected chi connectivity index (χ1v) is 6.58. The van der Waals surface area contributed by atoms with Crippen LogP contribution in [0.2, 0.25) is 0 Å². The van der Waals surface area contributed by atoms with Crippen molar-refractivity contribution in [3.8, 4) is 11.3 Å². The summed E-state index contributed by atoms with van der Waals surface area (Å²) in [6, 6.07) is 12.7. The normalized spacial score (nSPS) is 12.5. The monoisotopic (exact) mass is 246 g/mol. The largest absolute Gasteiger partial charge is 0.249 e. The first-order chi connectivity index (χ1) is 9.22. The van der Waals surface area contributed by atoms with Crippen molar-refractivity contribution >= 4 is 11.0 Å². The summed E-state index contributed by atoms with van der Waals surface area (Å²) < 4.78 is 0. The molecule has 0 unspecified atom stereocenters. The lowest BCUT2D eigenvalue weighted by molar-refractivity contribution is 1.12. The van der Waals surface area contributed by atoms with Gasteiger partial charge in [-0.2, -0.15) is 0 Å². The van der Waals surface area contributed by atoms with Crippen molar-refractivity contribution in [2.24, 2.45) is 0 Å². The molecule has 1 heterocycles. The fourth-order valence-corrected chi connectivity index (χ4v) is 2.77. The number of aromatic nitrogens is 2. The van der Waals surface area contributed by atoms with Crippen LogP contribution in [0.1, 0.15) is 22.4 Å². The van der Waals surface area contributed by atoms with Gasteiger partial charge in [-0.15, -0.1) is 0 Å². The summed E-state index contributed by atoms with van der Waals surface area (Å²) in [6.45, 7) is 4.25. The second kappa shape index (κ2) is 3.64. The van der Waals surface area contributed by atoms with Gasteiger partial charge in [-0.05, 0) is 42.7 Å². The van der Waals surface area contributed by atoms with Gasteiger partial charge < -0.3 is 0 Å². The van der Waals surface area contributed by atoms with Crippen molar-refractivity contribution in [3.63, 3.8) is 0 Å². The molecule has 1 aromatic heterocycles. The molecule has 2 aromatic carbocycles. The van der Waals surface area contributed by atoms with Gasteiger partial charge in [-0.3, -0.25) is 0 Å². The first-order valence-electron chi connectivity index (χ1n) is 6.58. The van der Waals surface area contributed by atoms with Gasteiger partial charge in [0.25, 0.3) is 0 Å². The van der Waals surface area contributed by atoms with Gasteiger partial charge in [-0.25, -0.2) is 9.97 Å². The van der Waals surface area contributed by atoms with Crippen LogP contribution in [0.3, 0.4) is 0 Å². The molecule has 19 heavy (non-hydrogen) atoms. The summed E-state index contributed by atoms with van der Waals surface area (Å²) in [6.07, 6.45) is 0.904. The molecule has 0 fully saturated rings. The van der Waals surface area contributed by atoms with Gasteiger partial charge in [0.1, 0.15) is 0 Å². The zero-order valence-electron chi connectivity index (χ0n) is 11.1. The van der Waals surface area contributed by atoms with Crippen molar-refractivity contribution in [2.45, 2.75) is 20.3 Å². The van der Waals surface area contributed by atoms with E-state index in [0.717, 1.165) is 28.8 Å². The van der Waals surface area contributed by atoms with E-state index in [0.29, 0.717) is 0 Å². The average molecular weight is 246 g/mol. The zero-order chi connectivity index (χ0) is 13.0. The molecular weight excluding hydrogens is 232 g/mol. The van der Waals surface area contributed by atoms with E-state index in [4.69, 9.17) is 9.97 Å². The fraction of sp³-hybridized carbons (Fsp3) is 0.176. The highest BCUT2D eigenvalue weighted by Gasteiger charge is 2.21. The number of hydrogen-bond donors (Lipinski definition) is 0. The highest BCUT2D eigenvalue weighted by molar-refractivity contribution is 5.82. The Bertz CT molecular complexity index is 819. The highest BCUT2D eigenvalue weighted by Crippen LogP contribution is 2.35. The second-order valence-electron chi connectivity index (χ2n) is 5.28. The van der Waals surface area contributed by atoms with Gasteiger partial charge >= 0.3 is 0 Å². The van der Waals surface area contributed by atoms with E-state index in [1.807, 2.05) is 0 Å². The molecule has 3 aromatic rings. The Kier molecular flexibility index (Phi) is 2.05. The Balaban J connectivity index is 2.04. The van der Waals surface area contributed by atoms with Crippen molar-refractivity contribution in [3.05, 3.63) is 58.8 Å². The number of fused-ring (bicyclic) bond motifs is 4. The minimum atomic E-state index is 0.904. The van der Waals surface area contributed by atoms with E-state index in [9.17, 15) is 0 Å². The maximum atomic E-state index is 4.84. The summed E-state index contributed by atoms with van der Waals surface area (Å²) in [5.41, 5.74) is 9.30. The van der Waals surface area contributed by atoms with Gasteiger partial charge in [0.05, 0.1) is 22.4 Å². The summed E-state index contributed by atoms with van der Waals surface area (Å²) in [7, 11) is 0. The molecule has 0 radical (unpaired) electrons. The van der Waals surface area contributed by atoms with E-state index < -0.39 is 0 Å². The van der Waals surface area contributed by atoms with Crippen molar-refractivity contribution in [2.75, 3.05) is 0 Å². The molecule has 1 aliphatic rings. The van der Waals surface area contributed by atoms with Crippen molar-refractivity contribution in [1.29, 1.82) is 0 Å². The smallest absolute Gasteiger partial charge is 0.0931 e. The lowest BCUT2D eigenvalue weighted by Gasteiger charge is -2.05. The number of nitrogens with zero attached hydrogens (tertiary/aromatic N) is 2. The molecular formula is C17H14N2. The third-order valence-electron chi connectivity index (χ3n) is 3.98.